The van der Waals surface area contributed by atoms with Crippen molar-refractivity contribution >= 4 is 39.5 Å². The van der Waals surface area contributed by atoms with Crippen LogP contribution in [-0.2, 0) is 0 Å². The number of hydrogen-bond donors (Lipinski definition) is 3. The molecule has 6 heteroatoms. The van der Waals surface area contributed by atoms with Gasteiger partial charge in [-0.05, 0) is 0 Å². The summed E-state index contributed by atoms with van der Waals surface area (Å²) in [5, 5.41) is 28.5. The number of aliphatic hydroxyl groups excluding tert-OH is 3. The molecule has 0 aromatic heterocycles. The summed E-state index contributed by atoms with van der Waals surface area (Å²) >= 11 is 2.27. The number of rotatable bonds is 5. The Balaban J connectivity index is 2.95. The van der Waals surface area contributed by atoms with Crippen molar-refractivity contribution in [3.8, 4) is 0 Å². The second-order valence-corrected chi connectivity index (χ2v) is 17.6. The maximum absolute atomic E-state index is 9.36. The second-order valence-electron chi connectivity index (χ2n) is 3.32. The van der Waals surface area contributed by atoms with E-state index in [1.54, 1.807) is 0 Å². The van der Waals surface area contributed by atoms with Gasteiger partial charge in [0.1, 0.15) is 0 Å². The fourth-order valence-electron chi connectivity index (χ4n) is 1.17. The molecule has 1 aromatic carbocycles. The van der Waals surface area contributed by atoms with E-state index >= 15 is 0 Å². The molecule has 0 bridgehead atoms. The molecule has 0 amide bonds. The minimum atomic E-state index is -2.34. The van der Waals surface area contributed by atoms with Crippen molar-refractivity contribution in [1.29, 1.82) is 0 Å². The molecule has 15 heavy (non-hydrogen) atoms. The Kier molecular flexibility index (Phi) is 5.90. The standard InChI is InChI=1S/C9H15IO3P2/c10-14(9-4-2-1-3-5-9)15(6-11,7-12)8-13/h1-5,11-13,15H,6-8H2. The van der Waals surface area contributed by atoms with Crippen LogP contribution < -0.4 is 5.30 Å². The quantitative estimate of drug-likeness (QED) is 0.553. The van der Waals surface area contributed by atoms with E-state index in [1.165, 1.54) is 0 Å². The predicted molar refractivity (Wildman–Crippen MR) is 76.6 cm³/mol. The average molecular weight is 360 g/mol. The van der Waals surface area contributed by atoms with Crippen molar-refractivity contribution in [2.45, 2.75) is 0 Å². The summed E-state index contributed by atoms with van der Waals surface area (Å²) in [5.41, 5.74) is 0. The summed E-state index contributed by atoms with van der Waals surface area (Å²) in [6.07, 6.45) is -0.198. The van der Waals surface area contributed by atoms with Gasteiger partial charge >= 0.3 is 104 Å². The molecule has 0 aliphatic rings. The van der Waals surface area contributed by atoms with Gasteiger partial charge in [0.15, 0.2) is 0 Å². The summed E-state index contributed by atoms with van der Waals surface area (Å²) in [7, 11) is 0. The zero-order valence-corrected chi connectivity index (χ0v) is 12.2. The van der Waals surface area contributed by atoms with E-state index in [-0.39, 0.29) is 19.0 Å². The van der Waals surface area contributed by atoms with E-state index in [2.05, 4.69) is 22.0 Å². The number of halogens is 1. The Labute approximate surface area is 104 Å². The van der Waals surface area contributed by atoms with Crippen molar-refractivity contribution in [3.05, 3.63) is 30.3 Å². The average Bonchev–Trinajstić information content (AvgIpc) is 2.33. The van der Waals surface area contributed by atoms with Gasteiger partial charge in [-0.15, -0.1) is 0 Å². The van der Waals surface area contributed by atoms with E-state index in [1.807, 2.05) is 30.3 Å². The molecule has 0 radical (unpaired) electrons. The third kappa shape index (κ3) is 3.09. The molecule has 0 aliphatic carbocycles. The van der Waals surface area contributed by atoms with Gasteiger partial charge in [-0.25, -0.2) is 0 Å². The second kappa shape index (κ2) is 6.43. The topological polar surface area (TPSA) is 60.7 Å². The van der Waals surface area contributed by atoms with Crippen molar-refractivity contribution in [1.82, 2.24) is 0 Å². The monoisotopic (exact) mass is 360 g/mol. The van der Waals surface area contributed by atoms with Crippen LogP contribution in [0.3, 0.4) is 0 Å². The summed E-state index contributed by atoms with van der Waals surface area (Å²) < 4.78 is 0. The van der Waals surface area contributed by atoms with Crippen LogP contribution in [0, 0.1) is 0 Å². The molecule has 0 spiro atoms. The van der Waals surface area contributed by atoms with Crippen LogP contribution >= 0.6 is 34.2 Å². The van der Waals surface area contributed by atoms with Gasteiger partial charge < -0.3 is 0 Å². The molecule has 0 saturated heterocycles. The molecule has 3 nitrogen and oxygen atoms in total. The molecular weight excluding hydrogens is 345 g/mol. The Morgan fingerprint density at radius 1 is 1.00 bits per heavy atom. The summed E-state index contributed by atoms with van der Waals surface area (Å²) in [6, 6.07) is 9.79. The Hall–Kier alpha value is 0.690. The van der Waals surface area contributed by atoms with Crippen LogP contribution in [0.1, 0.15) is 0 Å². The van der Waals surface area contributed by atoms with Gasteiger partial charge in [-0.1, -0.05) is 0 Å². The van der Waals surface area contributed by atoms with Crippen molar-refractivity contribution in [3.63, 3.8) is 0 Å². The van der Waals surface area contributed by atoms with Crippen LogP contribution in [0.2, 0.25) is 0 Å². The molecule has 86 valence electrons. The van der Waals surface area contributed by atoms with Gasteiger partial charge in [-0.3, -0.25) is 0 Å². The number of hydrogen-bond acceptors (Lipinski definition) is 3. The molecule has 1 rings (SSSR count). The summed E-state index contributed by atoms with van der Waals surface area (Å²) in [5.74, 6) is 0. The van der Waals surface area contributed by atoms with Gasteiger partial charge in [-0.2, -0.15) is 0 Å². The van der Waals surface area contributed by atoms with Gasteiger partial charge in [0.25, 0.3) is 0 Å². The first-order valence-corrected chi connectivity index (χ1v) is 12.1. The summed E-state index contributed by atoms with van der Waals surface area (Å²) in [4.78, 5) is 0. The third-order valence-corrected chi connectivity index (χ3v) is 21.1. The molecule has 0 heterocycles. The maximum atomic E-state index is 9.36. The van der Waals surface area contributed by atoms with E-state index in [9.17, 15) is 15.3 Å². The van der Waals surface area contributed by atoms with Crippen molar-refractivity contribution in [2.24, 2.45) is 0 Å². The van der Waals surface area contributed by atoms with Gasteiger partial charge in [0, 0.05) is 0 Å². The first kappa shape index (κ1) is 13.8. The molecule has 0 saturated carbocycles. The number of benzene rings is 1. The van der Waals surface area contributed by atoms with E-state index in [4.69, 9.17) is 0 Å². The van der Waals surface area contributed by atoms with Crippen LogP contribution in [0.5, 0.6) is 0 Å². The van der Waals surface area contributed by atoms with E-state index in [0.29, 0.717) is 0 Å². The Bertz CT molecular complexity index is 284. The Morgan fingerprint density at radius 3 is 1.87 bits per heavy atom. The van der Waals surface area contributed by atoms with Crippen LogP contribution in [0.4, 0.5) is 0 Å². The first-order valence-electron chi connectivity index (χ1n) is 4.54. The third-order valence-electron chi connectivity index (χ3n) is 2.28. The molecule has 1 atom stereocenters. The van der Waals surface area contributed by atoms with E-state index < -0.39 is 12.2 Å². The SMILES string of the molecule is OC[PH](CO)(CO)P(I)c1ccccc1. The molecule has 0 aliphatic heterocycles. The van der Waals surface area contributed by atoms with Crippen molar-refractivity contribution < 1.29 is 15.3 Å². The fourth-order valence-corrected chi connectivity index (χ4v) is 11.1. The zero-order valence-electron chi connectivity index (χ0n) is 8.17. The molecule has 1 unspecified atom stereocenters. The van der Waals surface area contributed by atoms with Crippen molar-refractivity contribution in [2.75, 3.05) is 19.0 Å². The van der Waals surface area contributed by atoms with Crippen LogP contribution in [0.25, 0.3) is 0 Å². The molecule has 1 aromatic rings. The fraction of sp³-hybridized carbons (Fsp3) is 0.333. The van der Waals surface area contributed by atoms with Gasteiger partial charge in [0.05, 0.1) is 0 Å². The molecule has 3 N–H and O–H groups in total. The first-order chi connectivity index (χ1) is 7.20. The summed E-state index contributed by atoms with van der Waals surface area (Å²) in [6.45, 7) is -2.34. The normalized spacial score (nSPS) is 14.9. The zero-order chi connectivity index (χ0) is 11.3. The molecule has 0 fully saturated rings. The van der Waals surface area contributed by atoms with E-state index in [0.717, 1.165) is 5.30 Å². The number of aliphatic hydroxyl groups is 3. The Morgan fingerprint density at radius 2 is 1.47 bits per heavy atom. The molecular formula is C9H15IO3P2. The van der Waals surface area contributed by atoms with Gasteiger partial charge in [0.2, 0.25) is 0 Å². The minimum absolute atomic E-state index is 0.0659. The van der Waals surface area contributed by atoms with Crippen LogP contribution in [0.15, 0.2) is 30.3 Å². The van der Waals surface area contributed by atoms with Crippen LogP contribution in [-0.4, -0.2) is 34.4 Å². The predicted octanol–water partition coefficient (Wildman–Crippen LogP) is 1.66.